The van der Waals surface area contributed by atoms with Crippen LogP contribution in [0, 0.1) is 5.92 Å². The largest absolute Gasteiger partial charge is 0.356 e. The summed E-state index contributed by atoms with van der Waals surface area (Å²) < 4.78 is 0. The summed E-state index contributed by atoms with van der Waals surface area (Å²) in [5.74, 6) is 1.18. The number of hydrogen-bond donors (Lipinski definition) is 1. The zero-order valence-electron chi connectivity index (χ0n) is 14.5. The second-order valence-electron chi connectivity index (χ2n) is 7.36. The van der Waals surface area contributed by atoms with Gasteiger partial charge in [0.15, 0.2) is 0 Å². The van der Waals surface area contributed by atoms with Crippen LogP contribution in [-0.4, -0.2) is 37.0 Å². The summed E-state index contributed by atoms with van der Waals surface area (Å²) in [6.45, 7) is 4.66. The molecule has 0 spiro atoms. The molecule has 1 amide bonds. The maximum atomic E-state index is 11.8. The molecule has 1 aliphatic carbocycles. The van der Waals surface area contributed by atoms with Crippen LogP contribution in [0.2, 0.25) is 0 Å². The van der Waals surface area contributed by atoms with E-state index in [1.165, 1.54) is 83.8 Å². The SMILES string of the molecule is O=C(CCCC1CCCCC1)NCCCCN1CCCCC1. The van der Waals surface area contributed by atoms with Gasteiger partial charge in [-0.05, 0) is 64.1 Å². The molecule has 0 unspecified atom stereocenters. The van der Waals surface area contributed by atoms with Crippen molar-refractivity contribution < 1.29 is 4.79 Å². The molecule has 3 nitrogen and oxygen atoms in total. The first-order valence-electron chi connectivity index (χ1n) is 9.83. The first-order chi connectivity index (χ1) is 10.8. The molecule has 22 heavy (non-hydrogen) atoms. The average Bonchev–Trinajstić information content (AvgIpc) is 2.56. The van der Waals surface area contributed by atoms with E-state index < -0.39 is 0 Å². The number of nitrogens with zero attached hydrogens (tertiary/aromatic N) is 1. The van der Waals surface area contributed by atoms with Crippen molar-refractivity contribution in [1.82, 2.24) is 10.2 Å². The topological polar surface area (TPSA) is 32.3 Å². The number of piperidine rings is 1. The minimum absolute atomic E-state index is 0.272. The van der Waals surface area contributed by atoms with Gasteiger partial charge in [-0.2, -0.15) is 0 Å². The number of carbonyl (C=O) groups excluding carboxylic acids is 1. The van der Waals surface area contributed by atoms with E-state index in [9.17, 15) is 4.79 Å². The molecule has 0 radical (unpaired) electrons. The minimum atomic E-state index is 0.272. The lowest BCUT2D eigenvalue weighted by atomic mass is 9.86. The van der Waals surface area contributed by atoms with Gasteiger partial charge in [-0.3, -0.25) is 4.79 Å². The van der Waals surface area contributed by atoms with Gasteiger partial charge in [0.2, 0.25) is 5.91 Å². The van der Waals surface area contributed by atoms with Crippen LogP contribution < -0.4 is 5.32 Å². The van der Waals surface area contributed by atoms with E-state index in [0.29, 0.717) is 0 Å². The summed E-state index contributed by atoms with van der Waals surface area (Å²) in [5.41, 5.74) is 0. The summed E-state index contributed by atoms with van der Waals surface area (Å²) in [4.78, 5) is 14.4. The number of rotatable bonds is 9. The molecule has 0 bridgehead atoms. The Labute approximate surface area is 137 Å². The Morgan fingerprint density at radius 3 is 2.41 bits per heavy atom. The third kappa shape index (κ3) is 7.62. The quantitative estimate of drug-likeness (QED) is 0.650. The van der Waals surface area contributed by atoms with E-state index in [0.717, 1.165) is 31.7 Å². The fourth-order valence-corrected chi connectivity index (χ4v) is 3.99. The molecule has 0 aromatic heterocycles. The summed E-state index contributed by atoms with van der Waals surface area (Å²) in [6.07, 6.45) is 16.7. The van der Waals surface area contributed by atoms with Crippen LogP contribution in [0.25, 0.3) is 0 Å². The van der Waals surface area contributed by atoms with Crippen molar-refractivity contribution in [1.29, 1.82) is 0 Å². The molecule has 1 saturated carbocycles. The molecule has 128 valence electrons. The molecule has 1 heterocycles. The average molecular weight is 309 g/mol. The molecule has 2 aliphatic rings. The third-order valence-electron chi connectivity index (χ3n) is 5.41. The highest BCUT2D eigenvalue weighted by Crippen LogP contribution is 2.27. The van der Waals surface area contributed by atoms with E-state index >= 15 is 0 Å². The number of carbonyl (C=O) groups is 1. The van der Waals surface area contributed by atoms with Crippen LogP contribution in [0.3, 0.4) is 0 Å². The van der Waals surface area contributed by atoms with Gasteiger partial charge in [0.05, 0.1) is 0 Å². The normalized spacial score (nSPS) is 20.9. The maximum Gasteiger partial charge on any atom is 0.219 e. The molecule has 1 N–H and O–H groups in total. The van der Waals surface area contributed by atoms with Crippen molar-refractivity contribution in [3.63, 3.8) is 0 Å². The van der Waals surface area contributed by atoms with Crippen LogP contribution in [0.1, 0.15) is 83.5 Å². The molecule has 3 heteroatoms. The van der Waals surface area contributed by atoms with Gasteiger partial charge in [-0.15, -0.1) is 0 Å². The van der Waals surface area contributed by atoms with Crippen LogP contribution in [-0.2, 0) is 4.79 Å². The smallest absolute Gasteiger partial charge is 0.219 e. The molecule has 2 rings (SSSR count). The van der Waals surface area contributed by atoms with Crippen LogP contribution in [0.5, 0.6) is 0 Å². The zero-order valence-corrected chi connectivity index (χ0v) is 14.5. The number of likely N-dealkylation sites (tertiary alicyclic amines) is 1. The fourth-order valence-electron chi connectivity index (χ4n) is 3.99. The first-order valence-corrected chi connectivity index (χ1v) is 9.83. The lowest BCUT2D eigenvalue weighted by Gasteiger charge is -2.26. The standard InChI is InChI=1S/C19H36N2O/c22-19(13-9-12-18-10-3-1-4-11-18)20-14-5-8-17-21-15-6-2-7-16-21/h18H,1-17H2,(H,20,22). The Bertz CT molecular complexity index is 294. The van der Waals surface area contributed by atoms with Crippen LogP contribution >= 0.6 is 0 Å². The molecular weight excluding hydrogens is 272 g/mol. The van der Waals surface area contributed by atoms with E-state index in [1.54, 1.807) is 0 Å². The zero-order chi connectivity index (χ0) is 15.5. The summed E-state index contributed by atoms with van der Waals surface area (Å²) in [5, 5.41) is 3.10. The summed E-state index contributed by atoms with van der Waals surface area (Å²) in [7, 11) is 0. The second kappa shape index (κ2) is 11.0. The first kappa shape index (κ1) is 17.8. The predicted molar refractivity (Wildman–Crippen MR) is 93.0 cm³/mol. The van der Waals surface area contributed by atoms with E-state index in [-0.39, 0.29) is 5.91 Å². The van der Waals surface area contributed by atoms with E-state index in [4.69, 9.17) is 0 Å². The number of unbranched alkanes of at least 4 members (excludes halogenated alkanes) is 1. The number of nitrogens with one attached hydrogen (secondary N) is 1. The van der Waals surface area contributed by atoms with Crippen LogP contribution in [0.15, 0.2) is 0 Å². The Balaban J connectivity index is 1.39. The highest BCUT2D eigenvalue weighted by atomic mass is 16.1. The van der Waals surface area contributed by atoms with Crippen molar-refractivity contribution in [2.45, 2.75) is 83.5 Å². The van der Waals surface area contributed by atoms with Crippen molar-refractivity contribution in [3.05, 3.63) is 0 Å². The summed E-state index contributed by atoms with van der Waals surface area (Å²) in [6, 6.07) is 0. The molecule has 1 saturated heterocycles. The Hall–Kier alpha value is -0.570. The van der Waals surface area contributed by atoms with Gasteiger partial charge in [0, 0.05) is 13.0 Å². The van der Waals surface area contributed by atoms with Crippen LogP contribution in [0.4, 0.5) is 0 Å². The Kier molecular flexibility index (Phi) is 8.92. The van der Waals surface area contributed by atoms with Crippen molar-refractivity contribution in [2.75, 3.05) is 26.2 Å². The Morgan fingerprint density at radius 2 is 1.64 bits per heavy atom. The number of amides is 1. The molecule has 0 aromatic rings. The Morgan fingerprint density at radius 1 is 0.909 bits per heavy atom. The van der Waals surface area contributed by atoms with Gasteiger partial charge < -0.3 is 10.2 Å². The number of hydrogen-bond acceptors (Lipinski definition) is 2. The van der Waals surface area contributed by atoms with Gasteiger partial charge in [-0.25, -0.2) is 0 Å². The van der Waals surface area contributed by atoms with Gasteiger partial charge in [-0.1, -0.05) is 38.5 Å². The van der Waals surface area contributed by atoms with Gasteiger partial charge in [0.1, 0.15) is 0 Å². The lowest BCUT2D eigenvalue weighted by molar-refractivity contribution is -0.121. The summed E-state index contributed by atoms with van der Waals surface area (Å²) >= 11 is 0. The minimum Gasteiger partial charge on any atom is -0.356 e. The monoisotopic (exact) mass is 308 g/mol. The van der Waals surface area contributed by atoms with Crippen molar-refractivity contribution in [2.24, 2.45) is 5.92 Å². The molecular formula is C19H36N2O. The molecule has 1 aliphatic heterocycles. The third-order valence-corrected chi connectivity index (χ3v) is 5.41. The molecule has 0 atom stereocenters. The van der Waals surface area contributed by atoms with Gasteiger partial charge >= 0.3 is 0 Å². The van der Waals surface area contributed by atoms with Crippen molar-refractivity contribution in [3.8, 4) is 0 Å². The highest BCUT2D eigenvalue weighted by molar-refractivity contribution is 5.75. The lowest BCUT2D eigenvalue weighted by Crippen LogP contribution is -2.31. The molecule has 0 aromatic carbocycles. The fraction of sp³-hybridized carbons (Fsp3) is 0.947. The van der Waals surface area contributed by atoms with E-state index in [1.807, 2.05) is 0 Å². The second-order valence-corrected chi connectivity index (χ2v) is 7.36. The van der Waals surface area contributed by atoms with Crippen molar-refractivity contribution >= 4 is 5.91 Å². The maximum absolute atomic E-state index is 11.8. The van der Waals surface area contributed by atoms with E-state index in [2.05, 4.69) is 10.2 Å². The predicted octanol–water partition coefficient (Wildman–Crippen LogP) is 4.12. The highest BCUT2D eigenvalue weighted by Gasteiger charge is 2.13. The van der Waals surface area contributed by atoms with Gasteiger partial charge in [0.25, 0.3) is 0 Å². The molecule has 2 fully saturated rings.